The molecule has 32 nitrogen and oxygen atoms in total. The van der Waals surface area contributed by atoms with E-state index in [1.807, 2.05) is 0 Å². The van der Waals surface area contributed by atoms with Gasteiger partial charge in [-0.3, -0.25) is 48.1 Å². The molecule has 11 N–H and O–H groups in total. The van der Waals surface area contributed by atoms with Crippen LogP contribution in [0.2, 0.25) is 0 Å². The molecule has 0 saturated carbocycles. The highest BCUT2D eigenvalue weighted by atomic mass is 19.1. The zero-order valence-corrected chi connectivity index (χ0v) is 55.4. The highest BCUT2D eigenvalue weighted by molar-refractivity contribution is 6.13. The lowest BCUT2D eigenvalue weighted by Crippen LogP contribution is -2.54. The number of amides is 11. The van der Waals surface area contributed by atoms with Crippen LogP contribution in [-0.4, -0.2) is 189 Å². The fourth-order valence-corrected chi connectivity index (χ4v) is 11.5. The van der Waals surface area contributed by atoms with Crippen LogP contribution in [0.4, 0.5) is 19.7 Å². The number of halogens is 1. The molecule has 0 radical (unpaired) electrons. The van der Waals surface area contributed by atoms with Crippen LogP contribution < -0.4 is 53.8 Å². The highest BCUT2D eigenvalue weighted by Gasteiger charge is 2.46. The number of primary amides is 1. The molecule has 1 aliphatic carbocycles. The highest BCUT2D eigenvalue weighted by Crippen LogP contribution is 2.46. The lowest BCUT2D eigenvalue weighted by atomic mass is 9.81. The van der Waals surface area contributed by atoms with E-state index in [0.717, 1.165) is 22.6 Å². The zero-order valence-electron chi connectivity index (χ0n) is 55.4. The lowest BCUT2D eigenvalue weighted by molar-refractivity contribution is -0.172. The van der Waals surface area contributed by atoms with E-state index in [2.05, 4.69) is 42.5 Å². The topological polar surface area (TPSA) is 433 Å². The van der Waals surface area contributed by atoms with Gasteiger partial charge in [0.15, 0.2) is 5.60 Å². The predicted octanol–water partition coefficient (Wildman–Crippen LogP) is 0.548. The number of hydrogen-bond donors (Lipinski definition) is 10. The summed E-state index contributed by atoms with van der Waals surface area (Å²) in [6.07, 6.45) is 2.30. The molecule has 33 heteroatoms. The SMILES string of the molecule is CC[C@@]1(O)C(=O)OCc2c1cc1n(c2=O)Cc2c-1nc1cc(F)c(C)c3c1c2[C@@H](NC(=O)COCNC(=O)CNC(=O)OCc1ccc(NC(=O)[C@H](CCCNC(N)=O)NC(=O)[C@@H](NC(=O)CCOCCOCCOCCOCCNC(=O)CCN2C(=O)C=CC2=O)C(C)C)cc1)CC3. The fourth-order valence-electron chi connectivity index (χ4n) is 11.5. The maximum atomic E-state index is 15.4. The van der Waals surface area contributed by atoms with Gasteiger partial charge in [0.1, 0.15) is 51.0 Å². The fraction of sp³-hybridized carbons (Fsp3) is 0.500. The number of ether oxygens (including phenoxy) is 7. The van der Waals surface area contributed by atoms with Crippen molar-refractivity contribution in [2.24, 2.45) is 11.7 Å². The van der Waals surface area contributed by atoms with Crippen LogP contribution in [-0.2, 0) is 108 Å². The first-order valence-corrected chi connectivity index (χ1v) is 32.5. The Morgan fingerprint density at radius 1 is 0.778 bits per heavy atom. The van der Waals surface area contributed by atoms with Crippen molar-refractivity contribution >= 4 is 81.9 Å². The molecule has 99 heavy (non-hydrogen) atoms. The molecule has 534 valence electrons. The molecule has 8 rings (SSSR count). The van der Waals surface area contributed by atoms with Gasteiger partial charge in [0.25, 0.3) is 17.4 Å². The van der Waals surface area contributed by atoms with E-state index in [0.29, 0.717) is 63.1 Å². The summed E-state index contributed by atoms with van der Waals surface area (Å²) >= 11 is 0. The number of pyridine rings is 2. The summed E-state index contributed by atoms with van der Waals surface area (Å²) in [5.41, 5.74) is 7.13. The van der Waals surface area contributed by atoms with E-state index in [-0.39, 0.29) is 141 Å². The van der Waals surface area contributed by atoms with E-state index in [1.165, 1.54) is 22.8 Å². The standard InChI is InChI=1S/C66H83FN12O20/c1-5-66(92)44-29-49-59-42(32-79(49)62(88)43(44)34-98-63(66)89)57-46(13-12-41-38(4)45(67)30-48(75-59)56(41)57)74-53(83)35-97-36-72-52(82)31-71-65(91)99-33-39-8-10-40(11-9-39)73-60(86)47(7-6-18-70-64(68)90)76-61(87)58(37(2)3)77-51(81)17-21-93-23-25-95-27-28-96-26-24-94-22-19-69-50(80)16-20-78-54(84)14-15-55(78)85/h8-11,14-15,29-30,37,46-47,58,92H,5-7,12-13,16-28,31-36H2,1-4H3,(H,69,80)(H,71,91)(H,72,82)(H,73,86)(H,74,83)(H,76,87)(H,77,81)(H3,68,70,90)/t46-,47-,58-,66-/m0/s1. The molecule has 0 spiro atoms. The third kappa shape index (κ3) is 20.0. The number of benzene rings is 2. The van der Waals surface area contributed by atoms with Gasteiger partial charge in [-0.15, -0.1) is 0 Å². The van der Waals surface area contributed by atoms with E-state index >= 15 is 4.39 Å². The average molecular weight is 1380 g/mol. The van der Waals surface area contributed by atoms with Crippen LogP contribution in [0.15, 0.2) is 53.3 Å². The lowest BCUT2D eigenvalue weighted by Gasteiger charge is -2.31. The molecule has 2 aromatic carbocycles. The van der Waals surface area contributed by atoms with Gasteiger partial charge < -0.3 is 91.1 Å². The van der Waals surface area contributed by atoms with Crippen molar-refractivity contribution < 1.29 is 95.4 Å². The number of urea groups is 1. The molecule has 4 aromatic rings. The number of anilines is 1. The summed E-state index contributed by atoms with van der Waals surface area (Å²) < 4.78 is 54.7. The van der Waals surface area contributed by atoms with Crippen LogP contribution in [0.1, 0.15) is 104 Å². The predicted molar refractivity (Wildman–Crippen MR) is 348 cm³/mol. The summed E-state index contributed by atoms with van der Waals surface area (Å²) in [6, 6.07) is 5.50. The van der Waals surface area contributed by atoms with E-state index in [9.17, 15) is 62.6 Å². The number of nitrogens with two attached hydrogens (primary N) is 1. The largest absolute Gasteiger partial charge is 0.458 e. The van der Waals surface area contributed by atoms with Gasteiger partial charge in [0.2, 0.25) is 35.4 Å². The third-order valence-electron chi connectivity index (χ3n) is 16.8. The van der Waals surface area contributed by atoms with Crippen LogP contribution in [0.5, 0.6) is 0 Å². The second-order valence-electron chi connectivity index (χ2n) is 23.9. The minimum absolute atomic E-state index is 0.000395. The van der Waals surface area contributed by atoms with Crippen molar-refractivity contribution in [1.82, 2.24) is 51.7 Å². The number of aliphatic hydroxyl groups is 1. The van der Waals surface area contributed by atoms with E-state index in [1.54, 1.807) is 45.9 Å². The van der Waals surface area contributed by atoms with Crippen molar-refractivity contribution in [3.63, 3.8) is 0 Å². The van der Waals surface area contributed by atoms with Crippen molar-refractivity contribution in [1.29, 1.82) is 0 Å². The Hall–Kier alpha value is -9.80. The van der Waals surface area contributed by atoms with Gasteiger partial charge in [0.05, 0.1) is 87.9 Å². The van der Waals surface area contributed by atoms with Crippen molar-refractivity contribution in [2.45, 2.75) is 116 Å². The number of nitrogens with zero attached hydrogens (tertiary/aromatic N) is 3. The molecular weight excluding hydrogens is 1300 g/mol. The first kappa shape index (κ1) is 75.0. The number of nitrogens with one attached hydrogen (secondary N) is 8. The maximum Gasteiger partial charge on any atom is 0.407 e. The molecule has 0 fully saturated rings. The molecule has 3 aliphatic heterocycles. The molecule has 5 heterocycles. The molecule has 0 bridgehead atoms. The van der Waals surface area contributed by atoms with E-state index in [4.69, 9.17) is 43.9 Å². The summed E-state index contributed by atoms with van der Waals surface area (Å²) in [6.45, 7) is 6.93. The van der Waals surface area contributed by atoms with Gasteiger partial charge in [-0.05, 0) is 85.4 Å². The second kappa shape index (κ2) is 35.6. The van der Waals surface area contributed by atoms with Crippen LogP contribution >= 0.6 is 0 Å². The van der Waals surface area contributed by atoms with Gasteiger partial charge in [-0.1, -0.05) is 32.9 Å². The number of esters is 1. The molecule has 4 aliphatic rings. The van der Waals surface area contributed by atoms with Crippen molar-refractivity contribution in [2.75, 3.05) is 97.7 Å². The number of cyclic esters (lactones) is 1. The first-order valence-electron chi connectivity index (χ1n) is 32.5. The Kier molecular flexibility index (Phi) is 27.0. The quantitative estimate of drug-likeness (QED) is 0.0112. The van der Waals surface area contributed by atoms with Crippen molar-refractivity contribution in [3.05, 3.63) is 104 Å². The van der Waals surface area contributed by atoms with Crippen LogP contribution in [0.25, 0.3) is 22.3 Å². The van der Waals surface area contributed by atoms with Gasteiger partial charge >= 0.3 is 18.1 Å². The normalized spacial score (nSPS) is 16.3. The van der Waals surface area contributed by atoms with E-state index < -0.39 is 120 Å². The first-order chi connectivity index (χ1) is 47.5. The van der Waals surface area contributed by atoms with Crippen molar-refractivity contribution in [3.8, 4) is 11.4 Å². The minimum atomic E-state index is -2.06. The van der Waals surface area contributed by atoms with Crippen LogP contribution in [0.3, 0.4) is 0 Å². The van der Waals surface area contributed by atoms with Gasteiger partial charge in [-0.2, -0.15) is 0 Å². The number of carbonyl (C=O) groups is 11. The Labute approximate surface area is 567 Å². The summed E-state index contributed by atoms with van der Waals surface area (Å²) in [7, 11) is 0. The number of alkyl carbamates (subject to hydrolysis) is 1. The Morgan fingerprint density at radius 2 is 1.46 bits per heavy atom. The molecular formula is C66H83FN12O20. The van der Waals surface area contributed by atoms with Gasteiger partial charge in [0, 0.05) is 72.9 Å². The number of aromatic nitrogens is 2. The zero-order chi connectivity index (χ0) is 71.3. The minimum Gasteiger partial charge on any atom is -0.458 e. The number of carbonyl (C=O) groups excluding carboxylic acids is 11. The smallest absolute Gasteiger partial charge is 0.407 e. The Balaban J connectivity index is 0.700. The van der Waals surface area contributed by atoms with Gasteiger partial charge in [-0.25, -0.2) is 23.8 Å². The monoisotopic (exact) mass is 1380 g/mol. The number of hydrogen-bond acceptors (Lipinski definition) is 21. The number of imide groups is 1. The molecule has 0 saturated heterocycles. The molecule has 2 aromatic heterocycles. The summed E-state index contributed by atoms with van der Waals surface area (Å²) in [5, 5.41) is 33.0. The van der Waals surface area contributed by atoms with Crippen LogP contribution in [0, 0.1) is 18.7 Å². The number of fused-ring (bicyclic) bond motifs is 5. The summed E-state index contributed by atoms with van der Waals surface area (Å²) in [4.78, 5) is 158. The molecule has 4 atom stereocenters. The third-order valence-corrected chi connectivity index (χ3v) is 16.8. The average Bonchev–Trinajstić information content (AvgIpc) is 1.62. The molecule has 11 amide bonds. The summed E-state index contributed by atoms with van der Waals surface area (Å²) in [5.74, 6) is -5.89. The second-order valence-corrected chi connectivity index (χ2v) is 23.9. The number of rotatable bonds is 38. The molecule has 0 unspecified atom stereocenters. The maximum absolute atomic E-state index is 15.4. The Bertz CT molecular complexity index is 3770. The Morgan fingerprint density at radius 3 is 2.14 bits per heavy atom. The number of aryl methyl sites for hydroxylation is 1.